The molecule has 0 saturated carbocycles. The van der Waals surface area contributed by atoms with E-state index in [0.717, 1.165) is 6.42 Å². The minimum Gasteiger partial charge on any atom is -0.466 e. The first kappa shape index (κ1) is 31.9. The van der Waals surface area contributed by atoms with Gasteiger partial charge in [-0.2, -0.15) is 0 Å². The molecule has 0 aromatic carbocycles. The Morgan fingerprint density at radius 2 is 1.64 bits per heavy atom. The SMILES string of the molecule is CC(=O)OCCCC[C@@H]1[C@@H]2O[Si](C(C)C)(C(C)C)O[Si](C(C)C)(C(C)C)OC[C@H]2O[C@H]1n1ccc(=O)[nH]c1=O. The Hall–Kier alpha value is -1.58. The zero-order valence-electron chi connectivity index (χ0n) is 25.0. The third-order valence-electron chi connectivity index (χ3n) is 8.16. The van der Waals surface area contributed by atoms with Crippen LogP contribution >= 0.6 is 0 Å². The topological polar surface area (TPSA) is 118 Å². The fraction of sp³-hybridized carbons (Fsp3) is 0.815. The molecular weight excluding hydrogens is 536 g/mol. The molecule has 2 aliphatic rings. The van der Waals surface area contributed by atoms with Gasteiger partial charge in [0.25, 0.3) is 5.56 Å². The van der Waals surface area contributed by atoms with Gasteiger partial charge in [0, 0.05) is 25.1 Å². The van der Waals surface area contributed by atoms with Gasteiger partial charge >= 0.3 is 28.8 Å². The number of aromatic nitrogens is 2. The first-order valence-corrected chi connectivity index (χ1v) is 18.3. The number of H-pyrrole nitrogens is 1. The van der Waals surface area contributed by atoms with Crippen molar-refractivity contribution in [3.05, 3.63) is 33.1 Å². The highest BCUT2D eigenvalue weighted by atomic mass is 28.5. The van der Waals surface area contributed by atoms with Crippen molar-refractivity contribution < 1.29 is 27.2 Å². The van der Waals surface area contributed by atoms with Crippen molar-refractivity contribution in [3.63, 3.8) is 0 Å². The molecule has 10 nitrogen and oxygen atoms in total. The smallest absolute Gasteiger partial charge is 0.335 e. The van der Waals surface area contributed by atoms with Crippen LogP contribution < -0.4 is 11.2 Å². The number of nitrogens with one attached hydrogen (secondary N) is 1. The molecule has 2 aliphatic heterocycles. The summed E-state index contributed by atoms with van der Waals surface area (Å²) in [6.45, 7) is 19.5. The maximum absolute atomic E-state index is 12.9. The van der Waals surface area contributed by atoms with Crippen LogP contribution in [0.3, 0.4) is 0 Å². The third-order valence-corrected chi connectivity index (χ3v) is 18.4. The summed E-state index contributed by atoms with van der Waals surface area (Å²) < 4.78 is 34.7. The van der Waals surface area contributed by atoms with Crippen molar-refractivity contribution in [2.45, 2.75) is 122 Å². The molecule has 2 fully saturated rings. The van der Waals surface area contributed by atoms with Crippen LogP contribution in [0.25, 0.3) is 0 Å². The van der Waals surface area contributed by atoms with Crippen LogP contribution in [0.5, 0.6) is 0 Å². The van der Waals surface area contributed by atoms with Crippen molar-refractivity contribution in [3.8, 4) is 0 Å². The highest BCUT2D eigenvalue weighted by Crippen LogP contribution is 2.50. The van der Waals surface area contributed by atoms with Gasteiger partial charge in [-0.15, -0.1) is 0 Å². The van der Waals surface area contributed by atoms with Gasteiger partial charge in [0.2, 0.25) is 0 Å². The van der Waals surface area contributed by atoms with E-state index in [1.165, 1.54) is 23.8 Å². The molecule has 0 aliphatic carbocycles. The predicted octanol–water partition coefficient (Wildman–Crippen LogP) is 4.74. The van der Waals surface area contributed by atoms with E-state index in [-0.39, 0.29) is 40.2 Å². The second-order valence-corrected chi connectivity index (χ2v) is 21.0. The first-order chi connectivity index (χ1) is 18.2. The molecule has 0 bridgehead atoms. The Balaban J connectivity index is 2.06. The third kappa shape index (κ3) is 6.67. The van der Waals surface area contributed by atoms with E-state index >= 15 is 0 Å². The van der Waals surface area contributed by atoms with E-state index in [0.29, 0.717) is 26.1 Å². The van der Waals surface area contributed by atoms with Gasteiger partial charge in [0.05, 0.1) is 19.3 Å². The van der Waals surface area contributed by atoms with Gasteiger partial charge in [-0.1, -0.05) is 55.4 Å². The average Bonchev–Trinajstić information content (AvgIpc) is 3.14. The van der Waals surface area contributed by atoms with Gasteiger partial charge in [0.15, 0.2) is 0 Å². The summed E-state index contributed by atoms with van der Waals surface area (Å²) >= 11 is 0. The molecule has 1 aromatic heterocycles. The highest BCUT2D eigenvalue weighted by Gasteiger charge is 2.61. The largest absolute Gasteiger partial charge is 0.466 e. The summed E-state index contributed by atoms with van der Waals surface area (Å²) in [6.07, 6.45) is 2.21. The molecule has 2 saturated heterocycles. The first-order valence-electron chi connectivity index (χ1n) is 14.4. The fourth-order valence-electron chi connectivity index (χ4n) is 6.14. The Bertz CT molecular complexity index is 1070. The van der Waals surface area contributed by atoms with Crippen LogP contribution in [0, 0.1) is 5.92 Å². The fourth-order valence-corrected chi connectivity index (χ4v) is 17.4. The normalized spacial score (nSPS) is 26.6. The van der Waals surface area contributed by atoms with Crippen LogP contribution in [-0.2, 0) is 27.2 Å². The monoisotopic (exact) mass is 584 g/mol. The standard InChI is InChI=1S/C27H48N2O8Si2/c1-17(2)38(18(3)4)34-16-23-25(36-39(37-38,19(5)6)20(7)8)22(12-10-11-15-33-21(9)30)26(35-23)29-14-13-24(31)28-27(29)32/h13-14,17-20,22-23,25-26H,10-12,15-16H2,1-9H3,(H,28,31,32)/t22-,23-,25+,26-/m1/s1. The van der Waals surface area contributed by atoms with Gasteiger partial charge in [-0.3, -0.25) is 19.1 Å². The minimum absolute atomic E-state index is 0.156. The molecular formula is C27H48N2O8Si2. The number of unbranched alkanes of at least 4 members (excludes halogenated alkanes) is 1. The Labute approximate surface area is 234 Å². The lowest BCUT2D eigenvalue weighted by Gasteiger charge is -2.51. The number of hydrogen-bond acceptors (Lipinski definition) is 8. The summed E-state index contributed by atoms with van der Waals surface area (Å²) in [7, 11) is -5.63. The summed E-state index contributed by atoms with van der Waals surface area (Å²) in [5.41, 5.74) is -0.251. The van der Waals surface area contributed by atoms with E-state index in [9.17, 15) is 14.4 Å². The van der Waals surface area contributed by atoms with Gasteiger partial charge in [-0.25, -0.2) is 4.79 Å². The van der Waals surface area contributed by atoms with E-state index < -0.39 is 40.7 Å². The second kappa shape index (κ2) is 12.9. The van der Waals surface area contributed by atoms with Crippen LogP contribution in [0.4, 0.5) is 0 Å². The van der Waals surface area contributed by atoms with E-state index in [1.807, 2.05) is 0 Å². The number of rotatable bonds is 10. The molecule has 0 spiro atoms. The van der Waals surface area contributed by atoms with Crippen molar-refractivity contribution in [2.24, 2.45) is 5.92 Å². The molecule has 39 heavy (non-hydrogen) atoms. The van der Waals surface area contributed by atoms with Crippen molar-refractivity contribution in [2.75, 3.05) is 13.2 Å². The summed E-state index contributed by atoms with van der Waals surface area (Å²) in [5.74, 6) is -0.498. The predicted molar refractivity (Wildman–Crippen MR) is 153 cm³/mol. The van der Waals surface area contributed by atoms with E-state index in [1.54, 1.807) is 0 Å². The molecule has 0 unspecified atom stereocenters. The quantitative estimate of drug-likeness (QED) is 0.238. The van der Waals surface area contributed by atoms with Crippen molar-refractivity contribution >= 4 is 23.1 Å². The number of carbonyl (C=O) groups excluding carboxylic acids is 1. The molecule has 12 heteroatoms. The summed E-state index contributed by atoms with van der Waals surface area (Å²) in [4.78, 5) is 38.3. The van der Waals surface area contributed by atoms with Crippen LogP contribution in [0.15, 0.2) is 21.9 Å². The maximum Gasteiger partial charge on any atom is 0.335 e. The zero-order chi connectivity index (χ0) is 29.1. The molecule has 3 heterocycles. The lowest BCUT2D eigenvalue weighted by atomic mass is 9.93. The Kier molecular flexibility index (Phi) is 10.6. The van der Waals surface area contributed by atoms with Gasteiger partial charge < -0.3 is 22.4 Å². The number of hydrogen-bond donors (Lipinski definition) is 1. The van der Waals surface area contributed by atoms with Gasteiger partial charge in [0.1, 0.15) is 12.3 Å². The molecule has 4 atom stereocenters. The lowest BCUT2D eigenvalue weighted by Crippen LogP contribution is -2.65. The number of carbonyl (C=O) groups is 1. The average molecular weight is 585 g/mol. The molecule has 0 radical (unpaired) electrons. The molecule has 3 rings (SSSR count). The number of aromatic amines is 1. The number of fused-ring (bicyclic) bond motifs is 1. The van der Waals surface area contributed by atoms with Gasteiger partial charge in [-0.05, 0) is 41.4 Å². The Morgan fingerprint density at radius 1 is 1.03 bits per heavy atom. The summed E-state index contributed by atoms with van der Waals surface area (Å²) in [5, 5.41) is 0. The molecule has 0 amide bonds. The Morgan fingerprint density at radius 3 is 2.18 bits per heavy atom. The lowest BCUT2D eigenvalue weighted by molar-refractivity contribution is -0.141. The molecule has 1 aromatic rings. The van der Waals surface area contributed by atoms with E-state index in [4.69, 9.17) is 22.4 Å². The minimum atomic E-state index is -2.89. The van der Waals surface area contributed by atoms with Crippen LogP contribution in [0.2, 0.25) is 22.2 Å². The second-order valence-electron chi connectivity index (χ2n) is 12.1. The summed E-state index contributed by atoms with van der Waals surface area (Å²) in [6, 6.07) is 1.33. The molecule has 222 valence electrons. The maximum atomic E-state index is 12.9. The van der Waals surface area contributed by atoms with Crippen molar-refractivity contribution in [1.82, 2.24) is 9.55 Å². The van der Waals surface area contributed by atoms with Crippen molar-refractivity contribution in [1.29, 1.82) is 0 Å². The van der Waals surface area contributed by atoms with Crippen LogP contribution in [0.1, 0.15) is 87.8 Å². The number of ether oxygens (including phenoxy) is 2. The molecule has 1 N–H and O–H groups in total. The highest BCUT2D eigenvalue weighted by molar-refractivity contribution is 6.83. The zero-order valence-corrected chi connectivity index (χ0v) is 27.0. The number of nitrogens with zero attached hydrogens (tertiary/aromatic N) is 1. The number of esters is 1. The van der Waals surface area contributed by atoms with E-state index in [2.05, 4.69) is 60.4 Å². The van der Waals surface area contributed by atoms with Crippen LogP contribution in [-0.4, -0.2) is 58.1 Å².